The highest BCUT2D eigenvalue weighted by Crippen LogP contribution is 2.12. The number of nitrogens with zero attached hydrogens (tertiary/aromatic N) is 3. The molecule has 4 nitrogen and oxygen atoms in total. The first kappa shape index (κ1) is 12.9. The monoisotopic (exact) mass is 223 g/mol. The molecule has 0 spiro atoms. The lowest BCUT2D eigenvalue weighted by molar-refractivity contribution is 0.301. The van der Waals surface area contributed by atoms with E-state index in [2.05, 4.69) is 21.8 Å². The van der Waals surface area contributed by atoms with Gasteiger partial charge in [0.15, 0.2) is 0 Å². The van der Waals surface area contributed by atoms with E-state index in [0.29, 0.717) is 6.54 Å². The van der Waals surface area contributed by atoms with Gasteiger partial charge >= 0.3 is 0 Å². The van der Waals surface area contributed by atoms with Crippen molar-refractivity contribution in [2.75, 3.05) is 24.6 Å². The SMILES string of the molecule is CCCCN(CCO)c1cc(C)nc(C)n1. The van der Waals surface area contributed by atoms with Crippen LogP contribution in [0.1, 0.15) is 31.3 Å². The number of aliphatic hydroxyl groups is 1. The van der Waals surface area contributed by atoms with Crippen LogP contribution in [0.5, 0.6) is 0 Å². The minimum absolute atomic E-state index is 0.159. The molecule has 4 heteroatoms. The van der Waals surface area contributed by atoms with Crippen molar-refractivity contribution in [2.45, 2.75) is 33.6 Å². The molecule has 16 heavy (non-hydrogen) atoms. The normalized spacial score (nSPS) is 10.5. The van der Waals surface area contributed by atoms with E-state index in [1.165, 1.54) is 0 Å². The van der Waals surface area contributed by atoms with Gasteiger partial charge in [-0.25, -0.2) is 9.97 Å². The Morgan fingerprint density at radius 3 is 2.56 bits per heavy atom. The number of anilines is 1. The summed E-state index contributed by atoms with van der Waals surface area (Å²) in [5.41, 5.74) is 0.974. The maximum absolute atomic E-state index is 9.05. The number of unbranched alkanes of at least 4 members (excludes halogenated alkanes) is 1. The van der Waals surface area contributed by atoms with Crippen LogP contribution in [-0.2, 0) is 0 Å². The number of hydrogen-bond donors (Lipinski definition) is 1. The van der Waals surface area contributed by atoms with E-state index < -0.39 is 0 Å². The predicted molar refractivity (Wildman–Crippen MR) is 65.7 cm³/mol. The molecule has 1 aromatic heterocycles. The van der Waals surface area contributed by atoms with Crippen LogP contribution in [0.15, 0.2) is 6.07 Å². The fourth-order valence-electron chi connectivity index (χ4n) is 1.67. The van der Waals surface area contributed by atoms with Gasteiger partial charge in [0.05, 0.1) is 6.61 Å². The number of rotatable bonds is 6. The second-order valence-corrected chi connectivity index (χ2v) is 3.98. The molecule has 0 saturated heterocycles. The van der Waals surface area contributed by atoms with Gasteiger partial charge in [-0.2, -0.15) is 0 Å². The molecule has 0 atom stereocenters. The summed E-state index contributed by atoms with van der Waals surface area (Å²) >= 11 is 0. The van der Waals surface area contributed by atoms with Crippen molar-refractivity contribution in [3.63, 3.8) is 0 Å². The largest absolute Gasteiger partial charge is 0.395 e. The summed E-state index contributed by atoms with van der Waals surface area (Å²) in [7, 11) is 0. The molecular formula is C12H21N3O. The highest BCUT2D eigenvalue weighted by atomic mass is 16.3. The van der Waals surface area contributed by atoms with Crippen LogP contribution >= 0.6 is 0 Å². The molecule has 0 saturated carbocycles. The van der Waals surface area contributed by atoms with Gasteiger partial charge in [-0.3, -0.25) is 0 Å². The van der Waals surface area contributed by atoms with E-state index >= 15 is 0 Å². The highest BCUT2D eigenvalue weighted by Gasteiger charge is 2.08. The maximum Gasteiger partial charge on any atom is 0.132 e. The van der Waals surface area contributed by atoms with Crippen LogP contribution < -0.4 is 4.90 Å². The second-order valence-electron chi connectivity index (χ2n) is 3.98. The minimum atomic E-state index is 0.159. The maximum atomic E-state index is 9.05. The summed E-state index contributed by atoms with van der Waals surface area (Å²) in [5.74, 6) is 1.71. The third kappa shape index (κ3) is 3.77. The quantitative estimate of drug-likeness (QED) is 0.797. The second kappa shape index (κ2) is 6.43. The van der Waals surface area contributed by atoms with Crippen LogP contribution in [-0.4, -0.2) is 34.8 Å². The van der Waals surface area contributed by atoms with E-state index in [9.17, 15) is 0 Å². The molecule has 0 aliphatic rings. The average molecular weight is 223 g/mol. The Hall–Kier alpha value is -1.16. The lowest BCUT2D eigenvalue weighted by Crippen LogP contribution is -2.29. The van der Waals surface area contributed by atoms with Crippen molar-refractivity contribution in [3.8, 4) is 0 Å². The van der Waals surface area contributed by atoms with Crippen LogP contribution in [0.4, 0.5) is 5.82 Å². The Labute approximate surface area is 97.3 Å². The van der Waals surface area contributed by atoms with Gasteiger partial charge in [-0.05, 0) is 20.3 Å². The molecule has 90 valence electrons. The zero-order valence-corrected chi connectivity index (χ0v) is 10.4. The van der Waals surface area contributed by atoms with Crippen molar-refractivity contribution >= 4 is 5.82 Å². The molecule has 1 heterocycles. The molecule has 0 amide bonds. The molecule has 0 aliphatic carbocycles. The van der Waals surface area contributed by atoms with Crippen LogP contribution in [0.25, 0.3) is 0 Å². The van der Waals surface area contributed by atoms with Gasteiger partial charge < -0.3 is 10.0 Å². The number of aliphatic hydroxyl groups excluding tert-OH is 1. The van der Waals surface area contributed by atoms with Crippen molar-refractivity contribution in [2.24, 2.45) is 0 Å². The number of aryl methyl sites for hydroxylation is 2. The summed E-state index contributed by atoms with van der Waals surface area (Å²) in [6, 6.07) is 1.97. The molecule has 1 N–H and O–H groups in total. The van der Waals surface area contributed by atoms with E-state index in [0.717, 1.165) is 36.7 Å². The van der Waals surface area contributed by atoms with Gasteiger partial charge in [0, 0.05) is 24.8 Å². The van der Waals surface area contributed by atoms with E-state index in [4.69, 9.17) is 5.11 Å². The molecule has 0 unspecified atom stereocenters. The van der Waals surface area contributed by atoms with Crippen LogP contribution in [0.2, 0.25) is 0 Å². The number of aromatic nitrogens is 2. The lowest BCUT2D eigenvalue weighted by atomic mass is 10.3. The topological polar surface area (TPSA) is 49.2 Å². The molecule has 0 bridgehead atoms. The molecule has 1 aromatic rings. The summed E-state index contributed by atoms with van der Waals surface area (Å²) in [6.07, 6.45) is 2.26. The highest BCUT2D eigenvalue weighted by molar-refractivity contribution is 5.39. The van der Waals surface area contributed by atoms with Crippen LogP contribution in [0, 0.1) is 13.8 Å². The van der Waals surface area contributed by atoms with Gasteiger partial charge in [-0.15, -0.1) is 0 Å². The molecule has 0 fully saturated rings. The molecule has 0 aliphatic heterocycles. The third-order valence-corrected chi connectivity index (χ3v) is 2.43. The van der Waals surface area contributed by atoms with Crippen molar-refractivity contribution in [3.05, 3.63) is 17.6 Å². The predicted octanol–water partition coefficient (Wildman–Crippen LogP) is 1.69. The summed E-state index contributed by atoms with van der Waals surface area (Å²) in [6.45, 7) is 7.75. The Bertz CT molecular complexity index is 308. The fraction of sp³-hybridized carbons (Fsp3) is 0.667. The minimum Gasteiger partial charge on any atom is -0.395 e. The Morgan fingerprint density at radius 2 is 2.00 bits per heavy atom. The number of hydrogen-bond acceptors (Lipinski definition) is 4. The summed E-state index contributed by atoms with van der Waals surface area (Å²) in [4.78, 5) is 10.8. The lowest BCUT2D eigenvalue weighted by Gasteiger charge is -2.23. The first-order valence-electron chi connectivity index (χ1n) is 5.85. The van der Waals surface area contributed by atoms with E-state index in [-0.39, 0.29) is 6.61 Å². The molecule has 0 radical (unpaired) electrons. The standard InChI is InChI=1S/C12H21N3O/c1-4-5-6-15(7-8-16)12-9-10(2)13-11(3)14-12/h9,16H,4-8H2,1-3H3. The Morgan fingerprint density at radius 1 is 1.25 bits per heavy atom. The first-order valence-corrected chi connectivity index (χ1v) is 5.85. The Kier molecular flexibility index (Phi) is 5.19. The first-order chi connectivity index (χ1) is 7.67. The van der Waals surface area contributed by atoms with Crippen molar-refractivity contribution in [1.82, 2.24) is 9.97 Å². The van der Waals surface area contributed by atoms with Crippen molar-refractivity contribution in [1.29, 1.82) is 0 Å². The van der Waals surface area contributed by atoms with Crippen molar-refractivity contribution < 1.29 is 5.11 Å². The fourth-order valence-corrected chi connectivity index (χ4v) is 1.67. The molecular weight excluding hydrogens is 202 g/mol. The van der Waals surface area contributed by atoms with E-state index in [1.54, 1.807) is 0 Å². The Balaban J connectivity index is 2.82. The molecule has 0 aromatic carbocycles. The zero-order valence-electron chi connectivity index (χ0n) is 10.4. The third-order valence-electron chi connectivity index (χ3n) is 2.43. The summed E-state index contributed by atoms with van der Waals surface area (Å²) in [5, 5.41) is 9.05. The molecule has 1 rings (SSSR count). The summed E-state index contributed by atoms with van der Waals surface area (Å²) < 4.78 is 0. The average Bonchev–Trinajstić information content (AvgIpc) is 2.22. The smallest absolute Gasteiger partial charge is 0.132 e. The zero-order chi connectivity index (χ0) is 12.0. The van der Waals surface area contributed by atoms with Gasteiger partial charge in [-0.1, -0.05) is 13.3 Å². The van der Waals surface area contributed by atoms with E-state index in [1.807, 2.05) is 19.9 Å². The van der Waals surface area contributed by atoms with Crippen LogP contribution in [0.3, 0.4) is 0 Å². The van der Waals surface area contributed by atoms with Gasteiger partial charge in [0.2, 0.25) is 0 Å². The van der Waals surface area contributed by atoms with Gasteiger partial charge in [0.25, 0.3) is 0 Å². The van der Waals surface area contributed by atoms with Gasteiger partial charge in [0.1, 0.15) is 11.6 Å².